The molecule has 1 aromatic carbocycles. The smallest absolute Gasteiger partial charge is 0.161 e. The van der Waals surface area contributed by atoms with E-state index in [1.54, 1.807) is 26.3 Å². The Bertz CT molecular complexity index is 541. The highest BCUT2D eigenvalue weighted by atomic mass is 16.5. The molecule has 0 aliphatic carbocycles. The van der Waals surface area contributed by atoms with Crippen molar-refractivity contribution in [3.05, 3.63) is 53.9 Å². The van der Waals surface area contributed by atoms with Crippen molar-refractivity contribution in [2.45, 2.75) is 19.4 Å². The first-order valence-corrected chi connectivity index (χ1v) is 6.58. The molecule has 0 bridgehead atoms. The molecule has 2 rings (SSSR count). The van der Waals surface area contributed by atoms with Gasteiger partial charge in [-0.2, -0.15) is 0 Å². The molecule has 106 valence electrons. The second-order valence-electron chi connectivity index (χ2n) is 4.55. The number of aromatic nitrogens is 1. The molecule has 0 aliphatic rings. The molecular weight excluding hydrogens is 254 g/mol. The third kappa shape index (κ3) is 3.71. The van der Waals surface area contributed by atoms with Gasteiger partial charge in [0.1, 0.15) is 0 Å². The molecule has 1 aromatic heterocycles. The van der Waals surface area contributed by atoms with E-state index in [0.29, 0.717) is 18.1 Å². The normalized spacial score (nSPS) is 11.9. The fourth-order valence-corrected chi connectivity index (χ4v) is 1.89. The van der Waals surface area contributed by atoms with E-state index in [2.05, 4.69) is 4.98 Å². The largest absolute Gasteiger partial charge is 0.493 e. The summed E-state index contributed by atoms with van der Waals surface area (Å²) in [4.78, 5) is 4.07. The van der Waals surface area contributed by atoms with Gasteiger partial charge in [0.05, 0.1) is 19.8 Å². The lowest BCUT2D eigenvalue weighted by Gasteiger charge is -2.13. The Morgan fingerprint density at radius 2 is 2.10 bits per heavy atom. The Morgan fingerprint density at radius 3 is 2.75 bits per heavy atom. The van der Waals surface area contributed by atoms with Crippen LogP contribution in [-0.2, 0) is 6.42 Å². The molecule has 4 heteroatoms. The summed E-state index contributed by atoms with van der Waals surface area (Å²) >= 11 is 0. The van der Waals surface area contributed by atoms with E-state index < -0.39 is 6.10 Å². The van der Waals surface area contributed by atoms with Gasteiger partial charge in [0, 0.05) is 18.8 Å². The number of nitrogens with zero attached hydrogens (tertiary/aromatic N) is 1. The van der Waals surface area contributed by atoms with Gasteiger partial charge in [0.15, 0.2) is 11.5 Å². The number of pyridine rings is 1. The maximum atomic E-state index is 9.56. The molecule has 2 aromatic rings. The minimum atomic E-state index is -0.520. The van der Waals surface area contributed by atoms with Crippen LogP contribution in [0.15, 0.2) is 42.7 Å². The van der Waals surface area contributed by atoms with Crippen molar-refractivity contribution in [3.8, 4) is 11.5 Å². The standard InChI is InChI=1S/C16H19NO3/c1-12(18)14-5-6-15(16(10-14)19-2)20-9-7-13-4-3-8-17-11-13/h3-6,8,10-12,18H,7,9H2,1-2H3/t12-/m0/s1. The van der Waals surface area contributed by atoms with Gasteiger partial charge in [-0.3, -0.25) is 4.98 Å². The highest BCUT2D eigenvalue weighted by molar-refractivity contribution is 5.43. The van der Waals surface area contributed by atoms with E-state index in [-0.39, 0.29) is 0 Å². The van der Waals surface area contributed by atoms with Crippen molar-refractivity contribution in [1.82, 2.24) is 4.98 Å². The molecule has 1 atom stereocenters. The first kappa shape index (κ1) is 14.3. The Hall–Kier alpha value is -2.07. The average molecular weight is 273 g/mol. The van der Waals surface area contributed by atoms with Crippen LogP contribution in [0, 0.1) is 0 Å². The van der Waals surface area contributed by atoms with Crippen LogP contribution in [0.2, 0.25) is 0 Å². The lowest BCUT2D eigenvalue weighted by Crippen LogP contribution is -2.03. The Balaban J connectivity index is 1.99. The summed E-state index contributed by atoms with van der Waals surface area (Å²) in [7, 11) is 1.59. The van der Waals surface area contributed by atoms with Gasteiger partial charge in [-0.15, -0.1) is 0 Å². The summed E-state index contributed by atoms with van der Waals surface area (Å²) in [5.41, 5.74) is 1.94. The molecule has 1 N–H and O–H groups in total. The molecule has 1 heterocycles. The molecule has 0 spiro atoms. The summed E-state index contributed by atoms with van der Waals surface area (Å²) in [6.45, 7) is 2.27. The van der Waals surface area contributed by atoms with Gasteiger partial charge in [-0.1, -0.05) is 12.1 Å². The third-order valence-corrected chi connectivity index (χ3v) is 3.04. The second-order valence-corrected chi connectivity index (χ2v) is 4.55. The Morgan fingerprint density at radius 1 is 1.25 bits per heavy atom. The monoisotopic (exact) mass is 273 g/mol. The average Bonchev–Trinajstić information content (AvgIpc) is 2.48. The number of hydrogen-bond acceptors (Lipinski definition) is 4. The summed E-state index contributed by atoms with van der Waals surface area (Å²) in [5.74, 6) is 1.32. The highest BCUT2D eigenvalue weighted by Gasteiger charge is 2.08. The zero-order valence-electron chi connectivity index (χ0n) is 11.7. The molecule has 0 saturated carbocycles. The predicted molar refractivity (Wildman–Crippen MR) is 77.1 cm³/mol. The zero-order valence-corrected chi connectivity index (χ0v) is 11.7. The lowest BCUT2D eigenvalue weighted by atomic mass is 10.1. The van der Waals surface area contributed by atoms with E-state index >= 15 is 0 Å². The first-order valence-electron chi connectivity index (χ1n) is 6.58. The minimum absolute atomic E-state index is 0.520. The van der Waals surface area contributed by atoms with Crippen LogP contribution >= 0.6 is 0 Å². The van der Waals surface area contributed by atoms with Gasteiger partial charge < -0.3 is 14.6 Å². The maximum Gasteiger partial charge on any atom is 0.161 e. The molecular formula is C16H19NO3. The van der Waals surface area contributed by atoms with Crippen LogP contribution in [0.5, 0.6) is 11.5 Å². The van der Waals surface area contributed by atoms with E-state index in [1.807, 2.05) is 30.5 Å². The van der Waals surface area contributed by atoms with Crippen molar-refractivity contribution in [2.24, 2.45) is 0 Å². The first-order chi connectivity index (χ1) is 9.70. The second kappa shape index (κ2) is 6.91. The molecule has 0 fully saturated rings. The van der Waals surface area contributed by atoms with Crippen LogP contribution in [0.3, 0.4) is 0 Å². The van der Waals surface area contributed by atoms with Crippen molar-refractivity contribution in [2.75, 3.05) is 13.7 Å². The van der Waals surface area contributed by atoms with Gasteiger partial charge in [-0.05, 0) is 36.2 Å². The molecule has 0 radical (unpaired) electrons. The fourth-order valence-electron chi connectivity index (χ4n) is 1.89. The predicted octanol–water partition coefficient (Wildman–Crippen LogP) is 2.77. The van der Waals surface area contributed by atoms with Gasteiger partial charge in [0.2, 0.25) is 0 Å². The Labute approximate surface area is 119 Å². The topological polar surface area (TPSA) is 51.6 Å². The summed E-state index contributed by atoms with van der Waals surface area (Å²) in [6, 6.07) is 9.39. The summed E-state index contributed by atoms with van der Waals surface area (Å²) in [6.07, 6.45) is 3.85. The number of benzene rings is 1. The number of aliphatic hydroxyl groups is 1. The fraction of sp³-hybridized carbons (Fsp3) is 0.312. The van der Waals surface area contributed by atoms with E-state index in [1.165, 1.54) is 0 Å². The van der Waals surface area contributed by atoms with Crippen LogP contribution < -0.4 is 9.47 Å². The van der Waals surface area contributed by atoms with Crippen LogP contribution in [0.4, 0.5) is 0 Å². The molecule has 20 heavy (non-hydrogen) atoms. The quantitative estimate of drug-likeness (QED) is 0.879. The van der Waals surface area contributed by atoms with Crippen LogP contribution in [-0.4, -0.2) is 23.8 Å². The zero-order chi connectivity index (χ0) is 14.4. The maximum absolute atomic E-state index is 9.56. The molecule has 0 saturated heterocycles. The number of ether oxygens (including phenoxy) is 2. The lowest BCUT2D eigenvalue weighted by molar-refractivity contribution is 0.198. The third-order valence-electron chi connectivity index (χ3n) is 3.04. The number of aliphatic hydroxyl groups excluding tert-OH is 1. The minimum Gasteiger partial charge on any atom is -0.493 e. The van der Waals surface area contributed by atoms with Crippen molar-refractivity contribution >= 4 is 0 Å². The van der Waals surface area contributed by atoms with E-state index in [4.69, 9.17) is 9.47 Å². The van der Waals surface area contributed by atoms with Crippen LogP contribution in [0.25, 0.3) is 0 Å². The van der Waals surface area contributed by atoms with Crippen molar-refractivity contribution in [1.29, 1.82) is 0 Å². The van der Waals surface area contributed by atoms with E-state index in [0.717, 1.165) is 17.5 Å². The van der Waals surface area contributed by atoms with Crippen molar-refractivity contribution in [3.63, 3.8) is 0 Å². The molecule has 0 unspecified atom stereocenters. The van der Waals surface area contributed by atoms with E-state index in [9.17, 15) is 5.11 Å². The molecule has 4 nitrogen and oxygen atoms in total. The number of rotatable bonds is 6. The van der Waals surface area contributed by atoms with Gasteiger partial charge in [0.25, 0.3) is 0 Å². The van der Waals surface area contributed by atoms with Gasteiger partial charge >= 0.3 is 0 Å². The van der Waals surface area contributed by atoms with Gasteiger partial charge in [-0.25, -0.2) is 0 Å². The summed E-state index contributed by atoms with van der Waals surface area (Å²) in [5, 5.41) is 9.56. The number of methoxy groups -OCH3 is 1. The van der Waals surface area contributed by atoms with Crippen molar-refractivity contribution < 1.29 is 14.6 Å². The molecule has 0 amide bonds. The highest BCUT2D eigenvalue weighted by Crippen LogP contribution is 2.30. The summed E-state index contributed by atoms with van der Waals surface area (Å²) < 4.78 is 11.0. The molecule has 0 aliphatic heterocycles. The van der Waals surface area contributed by atoms with Crippen LogP contribution in [0.1, 0.15) is 24.2 Å². The number of hydrogen-bond donors (Lipinski definition) is 1. The Kier molecular flexibility index (Phi) is 4.96. The SMILES string of the molecule is COc1cc([C@H](C)O)ccc1OCCc1cccnc1.